The Morgan fingerprint density at radius 2 is 2.12 bits per heavy atom. The molecule has 5 N–H and O–H groups in total. The lowest BCUT2D eigenvalue weighted by molar-refractivity contribution is 0.202. The molecule has 1 aromatic heterocycles. The maximum Gasteiger partial charge on any atom is 0.239 e. The van der Waals surface area contributed by atoms with Crippen LogP contribution in [-0.2, 0) is 0 Å². The molecule has 6 heteroatoms. The molecule has 0 aliphatic carbocycles. The Morgan fingerprint density at radius 3 is 2.62 bits per heavy atom. The molecule has 0 saturated heterocycles. The number of hydrogen-bond donors (Lipinski definition) is 4. The molecule has 0 radical (unpaired) electrons. The first-order valence-corrected chi connectivity index (χ1v) is 5.38. The zero-order valence-corrected chi connectivity index (χ0v) is 9.70. The highest BCUT2D eigenvalue weighted by Crippen LogP contribution is 2.20. The van der Waals surface area contributed by atoms with Crippen molar-refractivity contribution < 1.29 is 5.11 Å². The minimum atomic E-state index is -0.333. The summed E-state index contributed by atoms with van der Waals surface area (Å²) in [6.45, 7) is 4.11. The summed E-state index contributed by atoms with van der Waals surface area (Å²) >= 11 is 0. The van der Waals surface area contributed by atoms with E-state index in [9.17, 15) is 5.11 Å². The average Bonchev–Trinajstić information content (AvgIpc) is 2.36. The summed E-state index contributed by atoms with van der Waals surface area (Å²) in [4.78, 5) is 8.07. The molecule has 0 aliphatic rings. The Bertz CT molecular complexity index is 318. The van der Waals surface area contributed by atoms with Crippen molar-refractivity contribution >= 4 is 11.8 Å². The van der Waals surface area contributed by atoms with Gasteiger partial charge in [0.05, 0.1) is 12.1 Å². The molecular weight excluding hydrogens is 206 g/mol. The van der Waals surface area contributed by atoms with E-state index in [1.54, 1.807) is 12.3 Å². The maximum absolute atomic E-state index is 9.42. The van der Waals surface area contributed by atoms with Crippen LogP contribution < -0.4 is 16.6 Å². The molecule has 0 atom stereocenters. The van der Waals surface area contributed by atoms with Crippen LogP contribution in [0.4, 0.5) is 11.8 Å². The third kappa shape index (κ3) is 2.80. The highest BCUT2D eigenvalue weighted by Gasteiger charge is 2.25. The molecule has 0 fully saturated rings. The summed E-state index contributed by atoms with van der Waals surface area (Å²) in [7, 11) is 0. The molecule has 0 amide bonds. The van der Waals surface area contributed by atoms with Crippen LogP contribution in [-0.4, -0.2) is 27.2 Å². The molecule has 0 spiro atoms. The topological polar surface area (TPSA) is 96.1 Å². The molecule has 0 bridgehead atoms. The fourth-order valence-electron chi connectivity index (χ4n) is 1.46. The van der Waals surface area contributed by atoms with E-state index in [1.807, 2.05) is 13.8 Å². The summed E-state index contributed by atoms with van der Waals surface area (Å²) in [6, 6.07) is 1.75. The molecule has 16 heavy (non-hydrogen) atoms. The smallest absolute Gasteiger partial charge is 0.239 e. The van der Waals surface area contributed by atoms with Crippen molar-refractivity contribution in [1.82, 2.24) is 9.97 Å². The Morgan fingerprint density at radius 1 is 1.44 bits per heavy atom. The number of aliphatic hydroxyl groups excluding tert-OH is 1. The second-order valence-electron chi connectivity index (χ2n) is 3.68. The van der Waals surface area contributed by atoms with Gasteiger partial charge >= 0.3 is 0 Å². The van der Waals surface area contributed by atoms with E-state index in [-0.39, 0.29) is 12.1 Å². The molecule has 1 aromatic rings. The van der Waals surface area contributed by atoms with Gasteiger partial charge in [-0.2, -0.15) is 4.98 Å². The van der Waals surface area contributed by atoms with Crippen LogP contribution in [0.5, 0.6) is 0 Å². The van der Waals surface area contributed by atoms with E-state index < -0.39 is 0 Å². The van der Waals surface area contributed by atoms with Gasteiger partial charge in [0, 0.05) is 6.20 Å². The first-order chi connectivity index (χ1) is 7.69. The van der Waals surface area contributed by atoms with Crippen LogP contribution in [0.2, 0.25) is 0 Å². The van der Waals surface area contributed by atoms with E-state index in [4.69, 9.17) is 5.84 Å². The van der Waals surface area contributed by atoms with Crippen LogP contribution in [0.1, 0.15) is 26.7 Å². The van der Waals surface area contributed by atoms with Gasteiger partial charge in [-0.05, 0) is 18.9 Å². The van der Waals surface area contributed by atoms with Gasteiger partial charge in [0.25, 0.3) is 0 Å². The Kier molecular flexibility index (Phi) is 4.45. The number of rotatable bonds is 6. The minimum absolute atomic E-state index is 0.0649. The summed E-state index contributed by atoms with van der Waals surface area (Å²) in [5.41, 5.74) is 2.05. The predicted molar refractivity (Wildman–Crippen MR) is 63.9 cm³/mol. The zero-order chi connectivity index (χ0) is 12.0. The van der Waals surface area contributed by atoms with Crippen molar-refractivity contribution in [2.24, 2.45) is 5.84 Å². The first kappa shape index (κ1) is 12.7. The number of anilines is 2. The van der Waals surface area contributed by atoms with Gasteiger partial charge in [-0.15, -0.1) is 0 Å². The molecule has 6 nitrogen and oxygen atoms in total. The van der Waals surface area contributed by atoms with Gasteiger partial charge in [0.1, 0.15) is 5.82 Å². The van der Waals surface area contributed by atoms with Crippen molar-refractivity contribution in [1.29, 1.82) is 0 Å². The van der Waals surface area contributed by atoms with Gasteiger partial charge in [0.15, 0.2) is 0 Å². The summed E-state index contributed by atoms with van der Waals surface area (Å²) in [5, 5.41) is 12.6. The van der Waals surface area contributed by atoms with E-state index in [2.05, 4.69) is 20.7 Å². The Labute approximate surface area is 95.3 Å². The number of hydrazine groups is 1. The SMILES string of the molecule is CCC(CC)(CO)Nc1ccnc(NN)n1. The molecule has 1 heterocycles. The standard InChI is InChI=1S/C10H19N5O/c1-3-10(4-2,7-16)14-8-5-6-12-9(13-8)15-11/h5-6,16H,3-4,7,11H2,1-2H3,(H2,12,13,14,15). The molecule has 0 aromatic carbocycles. The van der Waals surface area contributed by atoms with Crippen molar-refractivity contribution in [3.63, 3.8) is 0 Å². The molecule has 0 aliphatic heterocycles. The summed E-state index contributed by atoms with van der Waals surface area (Å²) in [6.07, 6.45) is 3.24. The quantitative estimate of drug-likeness (QED) is 0.421. The van der Waals surface area contributed by atoms with Crippen LogP contribution in [0.25, 0.3) is 0 Å². The number of nitrogen functional groups attached to an aromatic ring is 1. The molecule has 0 saturated carbocycles. The third-order valence-corrected chi connectivity index (χ3v) is 2.83. The summed E-state index contributed by atoms with van der Waals surface area (Å²) < 4.78 is 0. The maximum atomic E-state index is 9.42. The number of aliphatic hydroxyl groups is 1. The fourth-order valence-corrected chi connectivity index (χ4v) is 1.46. The van der Waals surface area contributed by atoms with Crippen molar-refractivity contribution in [3.8, 4) is 0 Å². The van der Waals surface area contributed by atoms with Crippen molar-refractivity contribution in [2.45, 2.75) is 32.2 Å². The fraction of sp³-hybridized carbons (Fsp3) is 0.600. The van der Waals surface area contributed by atoms with Gasteiger partial charge in [-0.1, -0.05) is 13.8 Å². The lowest BCUT2D eigenvalue weighted by Gasteiger charge is -2.31. The van der Waals surface area contributed by atoms with Gasteiger partial charge < -0.3 is 10.4 Å². The number of aromatic nitrogens is 2. The second kappa shape index (κ2) is 5.62. The average molecular weight is 225 g/mol. The minimum Gasteiger partial charge on any atom is -0.394 e. The van der Waals surface area contributed by atoms with Crippen LogP contribution in [0.3, 0.4) is 0 Å². The van der Waals surface area contributed by atoms with E-state index in [0.29, 0.717) is 11.8 Å². The van der Waals surface area contributed by atoms with Crippen molar-refractivity contribution in [2.75, 3.05) is 17.3 Å². The van der Waals surface area contributed by atoms with Crippen molar-refractivity contribution in [3.05, 3.63) is 12.3 Å². The number of nitrogens with zero attached hydrogens (tertiary/aromatic N) is 2. The number of nitrogens with two attached hydrogens (primary N) is 1. The lowest BCUT2D eigenvalue weighted by Crippen LogP contribution is -2.41. The zero-order valence-electron chi connectivity index (χ0n) is 9.70. The largest absolute Gasteiger partial charge is 0.394 e. The Balaban J connectivity index is 2.84. The molecule has 90 valence electrons. The van der Waals surface area contributed by atoms with Crippen LogP contribution in [0.15, 0.2) is 12.3 Å². The molecular formula is C10H19N5O. The Hall–Kier alpha value is -1.40. The molecule has 1 rings (SSSR count). The van der Waals surface area contributed by atoms with Gasteiger partial charge in [0.2, 0.25) is 5.95 Å². The van der Waals surface area contributed by atoms with Crippen LogP contribution >= 0.6 is 0 Å². The normalized spacial score (nSPS) is 11.2. The number of nitrogens with one attached hydrogen (secondary N) is 2. The number of hydrogen-bond acceptors (Lipinski definition) is 6. The highest BCUT2D eigenvalue weighted by atomic mass is 16.3. The van der Waals surface area contributed by atoms with E-state index >= 15 is 0 Å². The monoisotopic (exact) mass is 225 g/mol. The summed E-state index contributed by atoms with van der Waals surface area (Å²) in [5.74, 6) is 6.23. The first-order valence-electron chi connectivity index (χ1n) is 5.38. The van der Waals surface area contributed by atoms with Gasteiger partial charge in [-0.3, -0.25) is 5.43 Å². The molecule has 0 unspecified atom stereocenters. The van der Waals surface area contributed by atoms with E-state index in [1.165, 1.54) is 0 Å². The third-order valence-electron chi connectivity index (χ3n) is 2.83. The lowest BCUT2D eigenvalue weighted by atomic mass is 9.94. The van der Waals surface area contributed by atoms with E-state index in [0.717, 1.165) is 12.8 Å². The van der Waals surface area contributed by atoms with Gasteiger partial charge in [-0.25, -0.2) is 10.8 Å². The second-order valence-corrected chi connectivity index (χ2v) is 3.68. The van der Waals surface area contributed by atoms with Crippen LogP contribution in [0, 0.1) is 0 Å². The highest BCUT2D eigenvalue weighted by molar-refractivity contribution is 5.41. The predicted octanol–water partition coefficient (Wildman–Crippen LogP) is 0.725.